The van der Waals surface area contributed by atoms with Gasteiger partial charge in [0.15, 0.2) is 5.82 Å². The molecule has 2 heterocycles. The van der Waals surface area contributed by atoms with E-state index in [4.69, 9.17) is 4.74 Å². The molecular weight excluding hydrogens is 294 g/mol. The van der Waals surface area contributed by atoms with Crippen LogP contribution in [-0.4, -0.2) is 53.1 Å². The number of aliphatic hydroxyl groups excluding tert-OH is 1. The molecule has 0 unspecified atom stereocenters. The predicted octanol–water partition coefficient (Wildman–Crippen LogP) is 1.60. The molecule has 1 aliphatic heterocycles. The molecule has 1 aromatic carbocycles. The van der Waals surface area contributed by atoms with Crippen molar-refractivity contribution in [3.63, 3.8) is 0 Å². The SMILES string of the molecule is Cc1cc(N2CCOC[C@@H](CO)C2)nc(-c2ccccc2O)n1. The number of para-hydroxylation sites is 1. The fraction of sp³-hybridized carbons (Fsp3) is 0.412. The van der Waals surface area contributed by atoms with E-state index in [0.717, 1.165) is 11.5 Å². The Kier molecular flexibility index (Phi) is 4.73. The van der Waals surface area contributed by atoms with Gasteiger partial charge in [0.2, 0.25) is 0 Å². The van der Waals surface area contributed by atoms with Crippen molar-refractivity contribution in [2.75, 3.05) is 37.8 Å². The van der Waals surface area contributed by atoms with Crippen LogP contribution in [0.4, 0.5) is 5.82 Å². The van der Waals surface area contributed by atoms with Crippen LogP contribution < -0.4 is 4.90 Å². The number of hydrogen-bond donors (Lipinski definition) is 2. The molecular formula is C17H21N3O3. The van der Waals surface area contributed by atoms with Crippen molar-refractivity contribution < 1.29 is 14.9 Å². The number of phenols is 1. The molecule has 2 aromatic rings. The molecule has 1 saturated heterocycles. The topological polar surface area (TPSA) is 78.7 Å². The second-order valence-corrected chi connectivity index (χ2v) is 5.78. The summed E-state index contributed by atoms with van der Waals surface area (Å²) in [6.07, 6.45) is 0. The van der Waals surface area contributed by atoms with Crippen LogP contribution in [0.15, 0.2) is 30.3 Å². The van der Waals surface area contributed by atoms with Crippen molar-refractivity contribution in [3.05, 3.63) is 36.0 Å². The highest BCUT2D eigenvalue weighted by Crippen LogP contribution is 2.28. The third-order valence-corrected chi connectivity index (χ3v) is 3.91. The number of hydrogen-bond acceptors (Lipinski definition) is 6. The summed E-state index contributed by atoms with van der Waals surface area (Å²) in [4.78, 5) is 11.2. The standard InChI is InChI=1S/C17H21N3O3/c1-12-8-16(20-6-7-23-11-13(9-20)10-21)19-17(18-12)14-4-2-3-5-15(14)22/h2-5,8,13,21-22H,6-7,9-11H2,1H3/t13-/m1/s1. The second-order valence-electron chi connectivity index (χ2n) is 5.78. The van der Waals surface area contributed by atoms with Crippen molar-refractivity contribution in [1.82, 2.24) is 9.97 Å². The van der Waals surface area contributed by atoms with E-state index in [-0.39, 0.29) is 18.3 Å². The summed E-state index contributed by atoms with van der Waals surface area (Å²) in [7, 11) is 0. The van der Waals surface area contributed by atoms with Gasteiger partial charge in [-0.05, 0) is 19.1 Å². The van der Waals surface area contributed by atoms with Gasteiger partial charge in [-0.2, -0.15) is 0 Å². The van der Waals surface area contributed by atoms with Gasteiger partial charge in [0.05, 0.1) is 18.8 Å². The van der Waals surface area contributed by atoms with Gasteiger partial charge in [0, 0.05) is 37.4 Å². The lowest BCUT2D eigenvalue weighted by Crippen LogP contribution is -2.32. The maximum atomic E-state index is 10.0. The van der Waals surface area contributed by atoms with Gasteiger partial charge in [-0.3, -0.25) is 0 Å². The second kappa shape index (κ2) is 6.93. The number of rotatable bonds is 3. The number of nitrogens with zero attached hydrogens (tertiary/aromatic N) is 3. The summed E-state index contributed by atoms with van der Waals surface area (Å²) in [5.41, 5.74) is 1.45. The normalized spacial score (nSPS) is 18.7. The molecule has 0 spiro atoms. The number of aromatic hydroxyl groups is 1. The van der Waals surface area contributed by atoms with E-state index in [1.54, 1.807) is 18.2 Å². The number of aromatic nitrogens is 2. The Balaban J connectivity index is 1.95. The van der Waals surface area contributed by atoms with Gasteiger partial charge in [-0.25, -0.2) is 9.97 Å². The monoisotopic (exact) mass is 315 g/mol. The molecule has 0 aliphatic carbocycles. The number of ether oxygens (including phenoxy) is 1. The number of aliphatic hydroxyl groups is 1. The average Bonchev–Trinajstić information content (AvgIpc) is 2.80. The van der Waals surface area contributed by atoms with Crippen molar-refractivity contribution in [2.24, 2.45) is 5.92 Å². The fourth-order valence-electron chi connectivity index (χ4n) is 2.70. The fourth-order valence-corrected chi connectivity index (χ4v) is 2.70. The largest absolute Gasteiger partial charge is 0.507 e. The van der Waals surface area contributed by atoms with Crippen LogP contribution >= 0.6 is 0 Å². The summed E-state index contributed by atoms with van der Waals surface area (Å²) >= 11 is 0. The maximum Gasteiger partial charge on any atom is 0.165 e. The van der Waals surface area contributed by atoms with Gasteiger partial charge in [-0.15, -0.1) is 0 Å². The molecule has 6 heteroatoms. The Morgan fingerprint density at radius 3 is 2.91 bits per heavy atom. The highest BCUT2D eigenvalue weighted by atomic mass is 16.5. The maximum absolute atomic E-state index is 10.0. The number of aryl methyl sites for hydroxylation is 1. The van der Waals surface area contributed by atoms with E-state index in [1.807, 2.05) is 19.1 Å². The lowest BCUT2D eigenvalue weighted by atomic mass is 10.1. The molecule has 6 nitrogen and oxygen atoms in total. The van der Waals surface area contributed by atoms with Crippen molar-refractivity contribution in [2.45, 2.75) is 6.92 Å². The molecule has 23 heavy (non-hydrogen) atoms. The van der Waals surface area contributed by atoms with Crippen LogP contribution in [0.25, 0.3) is 11.4 Å². The van der Waals surface area contributed by atoms with E-state index in [0.29, 0.717) is 37.7 Å². The minimum atomic E-state index is 0.0707. The number of anilines is 1. The molecule has 2 N–H and O–H groups in total. The van der Waals surface area contributed by atoms with E-state index >= 15 is 0 Å². The molecule has 1 aromatic heterocycles. The minimum Gasteiger partial charge on any atom is -0.507 e. The lowest BCUT2D eigenvalue weighted by Gasteiger charge is -2.24. The van der Waals surface area contributed by atoms with E-state index in [9.17, 15) is 10.2 Å². The summed E-state index contributed by atoms with van der Waals surface area (Å²) < 4.78 is 5.53. The molecule has 1 aliphatic rings. The lowest BCUT2D eigenvalue weighted by molar-refractivity contribution is 0.0959. The Morgan fingerprint density at radius 1 is 1.30 bits per heavy atom. The number of phenolic OH excluding ortho intramolecular Hbond substituents is 1. The van der Waals surface area contributed by atoms with Crippen molar-refractivity contribution >= 4 is 5.82 Å². The molecule has 3 rings (SSSR count). The minimum absolute atomic E-state index is 0.0707. The van der Waals surface area contributed by atoms with E-state index < -0.39 is 0 Å². The molecule has 0 bridgehead atoms. The number of benzene rings is 1. The van der Waals surface area contributed by atoms with Gasteiger partial charge >= 0.3 is 0 Å². The van der Waals surface area contributed by atoms with Gasteiger partial charge in [0.1, 0.15) is 11.6 Å². The highest BCUT2D eigenvalue weighted by molar-refractivity contribution is 5.65. The molecule has 0 radical (unpaired) electrons. The molecule has 122 valence electrons. The van der Waals surface area contributed by atoms with Crippen LogP contribution in [-0.2, 0) is 4.74 Å². The zero-order valence-electron chi connectivity index (χ0n) is 13.1. The van der Waals surface area contributed by atoms with Crippen molar-refractivity contribution in [3.8, 4) is 17.1 Å². The first kappa shape index (κ1) is 15.7. The highest BCUT2D eigenvalue weighted by Gasteiger charge is 2.20. The summed E-state index contributed by atoms with van der Waals surface area (Å²) in [5.74, 6) is 1.53. The van der Waals surface area contributed by atoms with Gasteiger partial charge in [-0.1, -0.05) is 12.1 Å². The summed E-state index contributed by atoms with van der Waals surface area (Å²) in [6, 6.07) is 8.97. The van der Waals surface area contributed by atoms with E-state index in [2.05, 4.69) is 14.9 Å². The Hall–Kier alpha value is -2.18. The van der Waals surface area contributed by atoms with Crippen LogP contribution in [0.3, 0.4) is 0 Å². The van der Waals surface area contributed by atoms with E-state index in [1.165, 1.54) is 0 Å². The van der Waals surface area contributed by atoms with Crippen LogP contribution in [0.2, 0.25) is 0 Å². The quantitative estimate of drug-likeness (QED) is 0.896. The zero-order chi connectivity index (χ0) is 16.2. The third kappa shape index (κ3) is 3.60. The molecule has 0 saturated carbocycles. The van der Waals surface area contributed by atoms with Gasteiger partial charge in [0.25, 0.3) is 0 Å². The summed E-state index contributed by atoms with van der Waals surface area (Å²) in [6.45, 7) is 4.56. The Morgan fingerprint density at radius 2 is 2.13 bits per heavy atom. The summed E-state index contributed by atoms with van der Waals surface area (Å²) in [5, 5.41) is 19.5. The van der Waals surface area contributed by atoms with Gasteiger partial charge < -0.3 is 19.8 Å². The molecule has 1 fully saturated rings. The van der Waals surface area contributed by atoms with Crippen molar-refractivity contribution in [1.29, 1.82) is 0 Å². The zero-order valence-corrected chi connectivity index (χ0v) is 13.1. The molecule has 0 amide bonds. The third-order valence-electron chi connectivity index (χ3n) is 3.91. The Labute approximate surface area is 135 Å². The smallest absolute Gasteiger partial charge is 0.165 e. The molecule has 1 atom stereocenters. The first-order valence-corrected chi connectivity index (χ1v) is 7.75. The Bertz CT molecular complexity index is 678. The first-order valence-electron chi connectivity index (χ1n) is 7.75. The van der Waals surface area contributed by atoms with Crippen LogP contribution in [0.1, 0.15) is 5.69 Å². The first-order chi connectivity index (χ1) is 11.2. The van der Waals surface area contributed by atoms with Crippen LogP contribution in [0.5, 0.6) is 5.75 Å². The average molecular weight is 315 g/mol. The predicted molar refractivity (Wildman–Crippen MR) is 87.5 cm³/mol. The van der Waals surface area contributed by atoms with Crippen LogP contribution in [0, 0.1) is 12.8 Å².